The van der Waals surface area contributed by atoms with Crippen molar-refractivity contribution in [3.05, 3.63) is 20.8 Å². The molecule has 1 unspecified atom stereocenters. The van der Waals surface area contributed by atoms with E-state index >= 15 is 0 Å². The highest BCUT2D eigenvalue weighted by molar-refractivity contribution is 9.10. The molecule has 2 nitrogen and oxygen atoms in total. The van der Waals surface area contributed by atoms with Crippen molar-refractivity contribution in [2.45, 2.75) is 50.2 Å². The second kappa shape index (κ2) is 5.17. The molecular formula is C12H17BrO2S. The Labute approximate surface area is 108 Å². The van der Waals surface area contributed by atoms with Gasteiger partial charge < -0.3 is 10.2 Å². The van der Waals surface area contributed by atoms with Crippen LogP contribution in [0.4, 0.5) is 0 Å². The molecule has 1 atom stereocenters. The summed E-state index contributed by atoms with van der Waals surface area (Å²) < 4.78 is 0.905. The highest BCUT2D eigenvalue weighted by Gasteiger charge is 2.37. The fraction of sp³-hybridized carbons (Fsp3) is 0.667. The van der Waals surface area contributed by atoms with E-state index < -0.39 is 11.7 Å². The van der Waals surface area contributed by atoms with Crippen molar-refractivity contribution in [1.82, 2.24) is 0 Å². The normalized spacial score (nSPS) is 22.7. The maximum atomic E-state index is 10.5. The fourth-order valence-electron chi connectivity index (χ4n) is 2.39. The lowest BCUT2D eigenvalue weighted by Gasteiger charge is -2.32. The SMILES string of the molecule is OC(c1cscc1Br)C1(O)CCCCCC1. The first-order valence-corrected chi connectivity index (χ1v) is 7.49. The molecule has 0 radical (unpaired) electrons. The lowest BCUT2D eigenvalue weighted by molar-refractivity contribution is -0.0868. The molecule has 1 aliphatic rings. The highest BCUT2D eigenvalue weighted by atomic mass is 79.9. The molecule has 2 N–H and O–H groups in total. The fourth-order valence-corrected chi connectivity index (χ4v) is 3.92. The average molecular weight is 305 g/mol. The molecule has 4 heteroatoms. The third kappa shape index (κ3) is 2.50. The summed E-state index contributed by atoms with van der Waals surface area (Å²) in [6.07, 6.45) is 5.00. The van der Waals surface area contributed by atoms with E-state index in [0.717, 1.165) is 22.9 Å². The molecule has 0 amide bonds. The molecule has 1 aliphatic carbocycles. The van der Waals surface area contributed by atoms with Crippen LogP contribution < -0.4 is 0 Å². The summed E-state index contributed by atoms with van der Waals surface area (Å²) in [7, 11) is 0. The van der Waals surface area contributed by atoms with Crippen LogP contribution in [0.2, 0.25) is 0 Å². The van der Waals surface area contributed by atoms with E-state index in [0.29, 0.717) is 12.8 Å². The molecule has 0 spiro atoms. The van der Waals surface area contributed by atoms with E-state index in [-0.39, 0.29) is 0 Å². The number of aliphatic hydroxyl groups excluding tert-OH is 1. The van der Waals surface area contributed by atoms with Crippen molar-refractivity contribution < 1.29 is 10.2 Å². The topological polar surface area (TPSA) is 40.5 Å². The quantitative estimate of drug-likeness (QED) is 0.819. The third-order valence-electron chi connectivity index (χ3n) is 3.42. The van der Waals surface area contributed by atoms with Crippen LogP contribution in [-0.2, 0) is 0 Å². The zero-order chi connectivity index (χ0) is 11.6. The first kappa shape index (κ1) is 12.6. The number of aliphatic hydroxyl groups is 2. The van der Waals surface area contributed by atoms with Gasteiger partial charge in [0.2, 0.25) is 0 Å². The van der Waals surface area contributed by atoms with Gasteiger partial charge in [-0.25, -0.2) is 0 Å². The van der Waals surface area contributed by atoms with Crippen LogP contribution in [0.5, 0.6) is 0 Å². The van der Waals surface area contributed by atoms with E-state index in [1.165, 1.54) is 12.8 Å². The molecule has 90 valence electrons. The molecule has 2 rings (SSSR count). The zero-order valence-electron chi connectivity index (χ0n) is 9.16. The lowest BCUT2D eigenvalue weighted by Crippen LogP contribution is -2.35. The minimum Gasteiger partial charge on any atom is -0.387 e. The van der Waals surface area contributed by atoms with Crippen LogP contribution in [0, 0.1) is 0 Å². The molecule has 0 saturated heterocycles. The van der Waals surface area contributed by atoms with E-state index in [2.05, 4.69) is 15.9 Å². The largest absolute Gasteiger partial charge is 0.387 e. The number of hydrogen-bond acceptors (Lipinski definition) is 3. The van der Waals surface area contributed by atoms with Gasteiger partial charge in [-0.3, -0.25) is 0 Å². The lowest BCUT2D eigenvalue weighted by atomic mass is 9.85. The molecule has 0 bridgehead atoms. The van der Waals surface area contributed by atoms with Crippen molar-refractivity contribution in [1.29, 1.82) is 0 Å². The summed E-state index contributed by atoms with van der Waals surface area (Å²) >= 11 is 4.96. The van der Waals surface area contributed by atoms with Gasteiger partial charge in [0.1, 0.15) is 6.10 Å². The van der Waals surface area contributed by atoms with Crippen LogP contribution in [-0.4, -0.2) is 15.8 Å². The summed E-state index contributed by atoms with van der Waals surface area (Å²) in [5.41, 5.74) is -0.102. The smallest absolute Gasteiger partial charge is 0.110 e. The number of rotatable bonds is 2. The average Bonchev–Trinajstić information content (AvgIpc) is 2.55. The molecule has 0 aliphatic heterocycles. The van der Waals surface area contributed by atoms with Crippen molar-refractivity contribution in [3.63, 3.8) is 0 Å². The maximum absolute atomic E-state index is 10.5. The van der Waals surface area contributed by atoms with Gasteiger partial charge in [-0.05, 0) is 34.2 Å². The van der Waals surface area contributed by atoms with Gasteiger partial charge in [-0.1, -0.05) is 25.7 Å². The Kier molecular flexibility index (Phi) is 4.06. The van der Waals surface area contributed by atoms with E-state index in [1.807, 2.05) is 10.8 Å². The zero-order valence-corrected chi connectivity index (χ0v) is 11.6. The number of hydrogen-bond donors (Lipinski definition) is 2. The van der Waals surface area contributed by atoms with Gasteiger partial charge in [-0.15, -0.1) is 0 Å². The monoisotopic (exact) mass is 304 g/mol. The van der Waals surface area contributed by atoms with Gasteiger partial charge in [0, 0.05) is 15.4 Å². The molecule has 1 heterocycles. The summed E-state index contributed by atoms with van der Waals surface area (Å²) in [4.78, 5) is 0. The van der Waals surface area contributed by atoms with E-state index in [4.69, 9.17) is 0 Å². The minimum atomic E-state index is -0.930. The van der Waals surface area contributed by atoms with Gasteiger partial charge >= 0.3 is 0 Å². The first-order valence-electron chi connectivity index (χ1n) is 5.75. The van der Waals surface area contributed by atoms with Crippen molar-refractivity contribution >= 4 is 27.3 Å². The van der Waals surface area contributed by atoms with Crippen LogP contribution in [0.1, 0.15) is 50.2 Å². The summed E-state index contributed by atoms with van der Waals surface area (Å²) in [6.45, 7) is 0. The predicted octanol–water partition coefficient (Wildman–Crippen LogP) is 3.63. The Hall–Kier alpha value is 0.1000. The Morgan fingerprint density at radius 3 is 2.31 bits per heavy atom. The van der Waals surface area contributed by atoms with E-state index in [1.54, 1.807) is 11.3 Å². The van der Waals surface area contributed by atoms with Gasteiger partial charge in [0.05, 0.1) is 5.60 Å². The predicted molar refractivity (Wildman–Crippen MR) is 69.6 cm³/mol. The number of thiophene rings is 1. The minimum absolute atomic E-state index is 0.705. The van der Waals surface area contributed by atoms with Crippen LogP contribution in [0.3, 0.4) is 0 Å². The van der Waals surface area contributed by atoms with Gasteiger partial charge in [0.25, 0.3) is 0 Å². The third-order valence-corrected chi connectivity index (χ3v) is 5.17. The molecule has 1 fully saturated rings. The standard InChI is InChI=1S/C12H17BrO2S/c13-10-8-16-7-9(10)11(14)12(15)5-3-1-2-4-6-12/h7-8,11,14-15H,1-6H2. The highest BCUT2D eigenvalue weighted by Crippen LogP contribution is 2.40. The molecule has 1 aromatic heterocycles. The molecule has 1 aromatic rings. The second-order valence-electron chi connectivity index (χ2n) is 4.60. The summed E-state index contributed by atoms with van der Waals surface area (Å²) in [5, 5.41) is 24.7. The Morgan fingerprint density at radius 1 is 1.19 bits per heavy atom. The van der Waals surface area contributed by atoms with E-state index in [9.17, 15) is 10.2 Å². The van der Waals surface area contributed by atoms with Gasteiger partial charge in [-0.2, -0.15) is 11.3 Å². The Bertz CT molecular complexity index is 343. The first-order chi connectivity index (χ1) is 7.63. The van der Waals surface area contributed by atoms with Crippen molar-refractivity contribution in [3.8, 4) is 0 Å². The number of halogens is 1. The Morgan fingerprint density at radius 2 is 1.81 bits per heavy atom. The second-order valence-corrected chi connectivity index (χ2v) is 6.19. The Balaban J connectivity index is 2.18. The van der Waals surface area contributed by atoms with Gasteiger partial charge in [0.15, 0.2) is 0 Å². The maximum Gasteiger partial charge on any atom is 0.110 e. The summed E-state index contributed by atoms with van der Waals surface area (Å²) in [5.74, 6) is 0. The molecule has 0 aromatic carbocycles. The summed E-state index contributed by atoms with van der Waals surface area (Å²) in [6, 6.07) is 0. The van der Waals surface area contributed by atoms with Crippen LogP contribution in [0.15, 0.2) is 15.2 Å². The van der Waals surface area contributed by atoms with Crippen LogP contribution >= 0.6 is 27.3 Å². The van der Waals surface area contributed by atoms with Crippen LogP contribution in [0.25, 0.3) is 0 Å². The molecule has 16 heavy (non-hydrogen) atoms. The molecular weight excluding hydrogens is 288 g/mol. The van der Waals surface area contributed by atoms with Crippen molar-refractivity contribution in [2.24, 2.45) is 0 Å². The molecule has 1 saturated carbocycles. The van der Waals surface area contributed by atoms with Crippen molar-refractivity contribution in [2.75, 3.05) is 0 Å².